The van der Waals surface area contributed by atoms with Gasteiger partial charge in [0.25, 0.3) is 0 Å². The first-order valence-electron chi connectivity index (χ1n) is 6.49. The number of halogens is 1. The second-order valence-electron chi connectivity index (χ2n) is 4.98. The zero-order chi connectivity index (χ0) is 14.1. The van der Waals surface area contributed by atoms with Crippen LogP contribution in [-0.2, 0) is 13.0 Å². The van der Waals surface area contributed by atoms with Gasteiger partial charge in [-0.3, -0.25) is 0 Å². The molecular formula is C16H14ClN3. The second-order valence-corrected chi connectivity index (χ2v) is 5.38. The number of nitriles is 1. The molecule has 2 N–H and O–H groups in total. The van der Waals surface area contributed by atoms with Crippen LogP contribution in [0.2, 0.25) is 5.02 Å². The summed E-state index contributed by atoms with van der Waals surface area (Å²) in [5.41, 5.74) is 10.8. The molecule has 0 bridgehead atoms. The molecule has 1 heterocycles. The summed E-state index contributed by atoms with van der Waals surface area (Å²) < 4.78 is 0. The van der Waals surface area contributed by atoms with Crippen molar-refractivity contribution in [2.24, 2.45) is 0 Å². The van der Waals surface area contributed by atoms with Crippen molar-refractivity contribution in [3.63, 3.8) is 0 Å². The minimum absolute atomic E-state index is 0.591. The van der Waals surface area contributed by atoms with Crippen molar-refractivity contribution in [3.05, 3.63) is 58.1 Å². The van der Waals surface area contributed by atoms with Gasteiger partial charge in [-0.15, -0.1) is 0 Å². The monoisotopic (exact) mass is 283 g/mol. The molecule has 3 nitrogen and oxygen atoms in total. The topological polar surface area (TPSA) is 53.0 Å². The van der Waals surface area contributed by atoms with Gasteiger partial charge in [0.2, 0.25) is 0 Å². The number of benzene rings is 2. The number of hydrogen-bond acceptors (Lipinski definition) is 3. The van der Waals surface area contributed by atoms with Crippen LogP contribution in [0.25, 0.3) is 0 Å². The van der Waals surface area contributed by atoms with E-state index in [1.807, 2.05) is 18.2 Å². The van der Waals surface area contributed by atoms with E-state index in [2.05, 4.69) is 17.0 Å². The zero-order valence-corrected chi connectivity index (χ0v) is 11.7. The van der Waals surface area contributed by atoms with E-state index in [1.54, 1.807) is 12.1 Å². The van der Waals surface area contributed by atoms with Crippen molar-refractivity contribution in [1.82, 2.24) is 0 Å². The van der Waals surface area contributed by atoms with Crippen molar-refractivity contribution in [1.29, 1.82) is 5.26 Å². The van der Waals surface area contributed by atoms with E-state index in [9.17, 15) is 0 Å². The van der Waals surface area contributed by atoms with Gasteiger partial charge in [-0.2, -0.15) is 5.26 Å². The third-order valence-electron chi connectivity index (χ3n) is 3.64. The van der Waals surface area contributed by atoms with Crippen LogP contribution in [-0.4, -0.2) is 6.54 Å². The molecule has 2 aromatic rings. The van der Waals surface area contributed by atoms with E-state index < -0.39 is 0 Å². The number of nitrogens with zero attached hydrogens (tertiary/aromatic N) is 2. The summed E-state index contributed by atoms with van der Waals surface area (Å²) in [6.07, 6.45) is 1.01. The Balaban J connectivity index is 1.86. The number of anilines is 2. The highest BCUT2D eigenvalue weighted by Gasteiger charge is 2.19. The highest BCUT2D eigenvalue weighted by atomic mass is 35.5. The molecular weight excluding hydrogens is 270 g/mol. The normalized spacial score (nSPS) is 13.1. The largest absolute Gasteiger partial charge is 0.399 e. The van der Waals surface area contributed by atoms with Crippen LogP contribution in [0.15, 0.2) is 36.4 Å². The lowest BCUT2D eigenvalue weighted by Crippen LogP contribution is -2.19. The van der Waals surface area contributed by atoms with Crippen molar-refractivity contribution in [3.8, 4) is 6.07 Å². The van der Waals surface area contributed by atoms with E-state index in [-0.39, 0.29) is 0 Å². The van der Waals surface area contributed by atoms with Crippen LogP contribution in [0.4, 0.5) is 11.4 Å². The van der Waals surface area contributed by atoms with Crippen LogP contribution >= 0.6 is 11.6 Å². The molecule has 0 atom stereocenters. The smallest absolute Gasteiger partial charge is 0.0992 e. The van der Waals surface area contributed by atoms with Crippen LogP contribution in [0.3, 0.4) is 0 Å². The Morgan fingerprint density at radius 2 is 2.10 bits per heavy atom. The van der Waals surface area contributed by atoms with E-state index in [4.69, 9.17) is 22.6 Å². The SMILES string of the molecule is N#Cc1ccc(CN2CCc3cc(N)ccc32)c(Cl)c1. The molecule has 0 fully saturated rings. The molecule has 20 heavy (non-hydrogen) atoms. The molecule has 2 aromatic carbocycles. The van der Waals surface area contributed by atoms with Crippen LogP contribution < -0.4 is 10.6 Å². The molecule has 1 aliphatic heterocycles. The van der Waals surface area contributed by atoms with Crippen LogP contribution in [0.5, 0.6) is 0 Å². The molecule has 0 saturated carbocycles. The highest BCUT2D eigenvalue weighted by Crippen LogP contribution is 2.32. The molecule has 100 valence electrons. The maximum Gasteiger partial charge on any atom is 0.0992 e. The molecule has 0 amide bonds. The van der Waals surface area contributed by atoms with Gasteiger partial charge in [-0.25, -0.2) is 0 Å². The number of rotatable bonds is 2. The van der Waals surface area contributed by atoms with Crippen LogP contribution in [0, 0.1) is 11.3 Å². The number of nitrogens with two attached hydrogens (primary N) is 1. The van der Waals surface area contributed by atoms with E-state index in [0.29, 0.717) is 10.6 Å². The Hall–Kier alpha value is -2.18. The minimum Gasteiger partial charge on any atom is -0.399 e. The first kappa shape index (κ1) is 12.8. The van der Waals surface area contributed by atoms with Crippen molar-refractivity contribution in [2.75, 3.05) is 17.2 Å². The molecule has 0 unspecified atom stereocenters. The number of nitrogen functional groups attached to an aromatic ring is 1. The lowest BCUT2D eigenvalue weighted by atomic mass is 10.1. The summed E-state index contributed by atoms with van der Waals surface area (Å²) in [5, 5.41) is 9.51. The van der Waals surface area contributed by atoms with E-state index >= 15 is 0 Å². The first-order valence-corrected chi connectivity index (χ1v) is 6.87. The third-order valence-corrected chi connectivity index (χ3v) is 3.99. The maximum absolute atomic E-state index is 8.86. The van der Waals surface area contributed by atoms with Gasteiger partial charge in [0.1, 0.15) is 0 Å². The molecule has 0 aliphatic carbocycles. The predicted octanol–water partition coefficient (Wildman–Crippen LogP) is 3.36. The quantitative estimate of drug-likeness (QED) is 0.860. The first-order chi connectivity index (χ1) is 9.67. The van der Waals surface area contributed by atoms with Gasteiger partial charge in [-0.05, 0) is 47.9 Å². The van der Waals surface area contributed by atoms with Gasteiger partial charge < -0.3 is 10.6 Å². The standard InChI is InChI=1S/C16H14ClN3/c17-15-7-11(9-18)1-2-13(15)10-20-6-5-12-8-14(19)3-4-16(12)20/h1-4,7-8H,5-6,10,19H2. The molecule has 0 saturated heterocycles. The average Bonchev–Trinajstić information content (AvgIpc) is 2.83. The van der Waals surface area contributed by atoms with Gasteiger partial charge in [0.15, 0.2) is 0 Å². The zero-order valence-electron chi connectivity index (χ0n) is 10.9. The Labute approximate surface area is 123 Å². The lowest BCUT2D eigenvalue weighted by molar-refractivity contribution is 0.836. The molecule has 0 radical (unpaired) electrons. The Morgan fingerprint density at radius 1 is 1.25 bits per heavy atom. The summed E-state index contributed by atoms with van der Waals surface area (Å²) in [6.45, 7) is 1.72. The molecule has 0 spiro atoms. The molecule has 3 rings (SSSR count). The molecule has 1 aliphatic rings. The summed E-state index contributed by atoms with van der Waals surface area (Å²) in [6, 6.07) is 13.6. The fourth-order valence-electron chi connectivity index (χ4n) is 2.60. The third kappa shape index (κ3) is 2.31. The van der Waals surface area contributed by atoms with Crippen molar-refractivity contribution < 1.29 is 0 Å². The summed E-state index contributed by atoms with van der Waals surface area (Å²) in [7, 11) is 0. The van der Waals surface area contributed by atoms with E-state index in [1.165, 1.54) is 11.3 Å². The Kier molecular flexibility index (Phi) is 3.25. The van der Waals surface area contributed by atoms with Crippen molar-refractivity contribution in [2.45, 2.75) is 13.0 Å². The Bertz CT molecular complexity index is 703. The Morgan fingerprint density at radius 3 is 2.85 bits per heavy atom. The van der Waals surface area contributed by atoms with Crippen molar-refractivity contribution >= 4 is 23.0 Å². The lowest BCUT2D eigenvalue weighted by Gasteiger charge is -2.20. The highest BCUT2D eigenvalue weighted by molar-refractivity contribution is 6.31. The summed E-state index contributed by atoms with van der Waals surface area (Å²) in [4.78, 5) is 2.29. The van der Waals surface area contributed by atoms with E-state index in [0.717, 1.165) is 30.8 Å². The van der Waals surface area contributed by atoms with Gasteiger partial charge in [0, 0.05) is 29.5 Å². The van der Waals surface area contributed by atoms with Gasteiger partial charge in [0.05, 0.1) is 11.6 Å². The number of fused-ring (bicyclic) bond motifs is 1. The predicted molar refractivity (Wildman–Crippen MR) is 81.8 cm³/mol. The maximum atomic E-state index is 8.86. The fraction of sp³-hybridized carbons (Fsp3) is 0.188. The van der Waals surface area contributed by atoms with Crippen LogP contribution in [0.1, 0.15) is 16.7 Å². The number of hydrogen-bond donors (Lipinski definition) is 1. The fourth-order valence-corrected chi connectivity index (χ4v) is 2.85. The molecule has 4 heteroatoms. The summed E-state index contributed by atoms with van der Waals surface area (Å²) in [5.74, 6) is 0. The van der Waals surface area contributed by atoms with Gasteiger partial charge >= 0.3 is 0 Å². The average molecular weight is 284 g/mol. The van der Waals surface area contributed by atoms with Gasteiger partial charge in [-0.1, -0.05) is 17.7 Å². The summed E-state index contributed by atoms with van der Waals surface area (Å²) >= 11 is 6.24. The second kappa shape index (κ2) is 5.07. The minimum atomic E-state index is 0.591. The molecule has 0 aromatic heterocycles.